The van der Waals surface area contributed by atoms with Gasteiger partial charge in [-0.05, 0) is 40.7 Å². The van der Waals surface area contributed by atoms with Gasteiger partial charge in [0.2, 0.25) is 0 Å². The van der Waals surface area contributed by atoms with Gasteiger partial charge in [-0.3, -0.25) is 4.68 Å². The van der Waals surface area contributed by atoms with Crippen LogP contribution in [0.1, 0.15) is 18.7 Å². The van der Waals surface area contributed by atoms with Crippen molar-refractivity contribution in [2.75, 3.05) is 12.3 Å². The van der Waals surface area contributed by atoms with Crippen LogP contribution in [-0.4, -0.2) is 22.1 Å². The molecular formula is C14H17BrClN3S. The van der Waals surface area contributed by atoms with Crippen LogP contribution in [0.25, 0.3) is 0 Å². The van der Waals surface area contributed by atoms with Crippen LogP contribution in [0.3, 0.4) is 0 Å². The average Bonchev–Trinajstić information content (AvgIpc) is 2.75. The maximum Gasteiger partial charge on any atom is 0.0700 e. The van der Waals surface area contributed by atoms with Crippen LogP contribution >= 0.6 is 39.3 Å². The Balaban J connectivity index is 2.10. The SMILES string of the molecule is CCNC(CSc1cccc(Cl)c1)c1c(Br)cnn1C. The lowest BCUT2D eigenvalue weighted by Crippen LogP contribution is -2.25. The van der Waals surface area contributed by atoms with Crippen molar-refractivity contribution in [3.63, 3.8) is 0 Å². The van der Waals surface area contributed by atoms with Crippen molar-refractivity contribution in [1.82, 2.24) is 15.1 Å². The van der Waals surface area contributed by atoms with Gasteiger partial charge in [0.1, 0.15) is 0 Å². The average molecular weight is 375 g/mol. The van der Waals surface area contributed by atoms with Crippen molar-refractivity contribution in [1.29, 1.82) is 0 Å². The molecule has 0 saturated heterocycles. The molecule has 1 unspecified atom stereocenters. The number of halogens is 2. The number of nitrogens with zero attached hydrogens (tertiary/aromatic N) is 2. The summed E-state index contributed by atoms with van der Waals surface area (Å²) in [7, 11) is 1.97. The van der Waals surface area contributed by atoms with Crippen LogP contribution in [0.4, 0.5) is 0 Å². The Kier molecular flexibility index (Phi) is 5.96. The zero-order valence-electron chi connectivity index (χ0n) is 11.4. The summed E-state index contributed by atoms with van der Waals surface area (Å²) in [6.45, 7) is 3.03. The van der Waals surface area contributed by atoms with Crippen molar-refractivity contribution >= 4 is 39.3 Å². The van der Waals surface area contributed by atoms with Crippen molar-refractivity contribution in [2.45, 2.75) is 17.9 Å². The highest BCUT2D eigenvalue weighted by Gasteiger charge is 2.18. The maximum atomic E-state index is 6.02. The Labute approximate surface area is 137 Å². The van der Waals surface area contributed by atoms with Crippen LogP contribution in [0.5, 0.6) is 0 Å². The minimum Gasteiger partial charge on any atom is -0.308 e. The van der Waals surface area contributed by atoms with Crippen LogP contribution in [0.15, 0.2) is 39.8 Å². The van der Waals surface area contributed by atoms with Gasteiger partial charge in [-0.1, -0.05) is 24.6 Å². The minimum absolute atomic E-state index is 0.242. The molecule has 1 atom stereocenters. The molecule has 0 fully saturated rings. The molecule has 0 bridgehead atoms. The quantitative estimate of drug-likeness (QED) is 0.765. The van der Waals surface area contributed by atoms with Gasteiger partial charge in [0, 0.05) is 22.7 Å². The topological polar surface area (TPSA) is 29.9 Å². The van der Waals surface area contributed by atoms with Crippen LogP contribution < -0.4 is 5.32 Å². The Morgan fingerprint density at radius 2 is 2.30 bits per heavy atom. The lowest BCUT2D eigenvalue weighted by atomic mass is 10.2. The molecule has 3 nitrogen and oxygen atoms in total. The summed E-state index contributed by atoms with van der Waals surface area (Å²) in [5.41, 5.74) is 1.17. The molecule has 1 heterocycles. The zero-order chi connectivity index (χ0) is 14.5. The Bertz CT molecular complexity index is 554. The van der Waals surface area contributed by atoms with Crippen LogP contribution in [-0.2, 0) is 7.05 Å². The van der Waals surface area contributed by atoms with Crippen LogP contribution in [0, 0.1) is 0 Å². The first kappa shape index (κ1) is 15.9. The number of benzene rings is 1. The minimum atomic E-state index is 0.242. The smallest absolute Gasteiger partial charge is 0.0700 e. The second kappa shape index (κ2) is 7.50. The van der Waals surface area contributed by atoms with Crippen molar-refractivity contribution in [3.05, 3.63) is 45.7 Å². The number of hydrogen-bond donors (Lipinski definition) is 1. The Hall–Kier alpha value is -0.490. The first-order valence-electron chi connectivity index (χ1n) is 6.41. The molecule has 0 amide bonds. The molecule has 0 aliphatic heterocycles. The summed E-state index contributed by atoms with van der Waals surface area (Å²) < 4.78 is 2.95. The van der Waals surface area contributed by atoms with Gasteiger partial charge in [-0.2, -0.15) is 5.10 Å². The summed E-state index contributed by atoms with van der Waals surface area (Å²) in [4.78, 5) is 1.18. The number of thioether (sulfide) groups is 1. The first-order chi connectivity index (χ1) is 9.61. The molecule has 1 aromatic carbocycles. The largest absolute Gasteiger partial charge is 0.308 e. The summed E-state index contributed by atoms with van der Waals surface area (Å²) >= 11 is 11.4. The lowest BCUT2D eigenvalue weighted by molar-refractivity contribution is 0.551. The number of hydrogen-bond acceptors (Lipinski definition) is 3. The number of aromatic nitrogens is 2. The molecule has 0 saturated carbocycles. The predicted molar refractivity (Wildman–Crippen MR) is 89.5 cm³/mol. The molecule has 1 N–H and O–H groups in total. The van der Waals surface area contributed by atoms with Gasteiger partial charge in [0.25, 0.3) is 0 Å². The molecule has 0 radical (unpaired) electrons. The van der Waals surface area contributed by atoms with E-state index in [2.05, 4.69) is 39.3 Å². The second-order valence-corrected chi connectivity index (χ2v) is 6.76. The maximum absolute atomic E-state index is 6.02. The summed E-state index contributed by atoms with van der Waals surface area (Å²) in [6.07, 6.45) is 1.84. The molecule has 1 aromatic heterocycles. The van der Waals surface area contributed by atoms with Gasteiger partial charge < -0.3 is 5.32 Å². The lowest BCUT2D eigenvalue weighted by Gasteiger charge is -2.18. The molecule has 0 aliphatic carbocycles. The van der Waals surface area contributed by atoms with E-state index >= 15 is 0 Å². The van der Waals surface area contributed by atoms with E-state index in [0.29, 0.717) is 0 Å². The molecular weight excluding hydrogens is 358 g/mol. The molecule has 20 heavy (non-hydrogen) atoms. The third-order valence-electron chi connectivity index (χ3n) is 2.93. The molecule has 0 spiro atoms. The number of aryl methyl sites for hydroxylation is 1. The van der Waals surface area contributed by atoms with E-state index in [1.54, 1.807) is 11.8 Å². The Morgan fingerprint density at radius 1 is 1.50 bits per heavy atom. The second-order valence-electron chi connectivity index (χ2n) is 4.38. The predicted octanol–water partition coefficient (Wildman–Crippen LogP) is 4.28. The van der Waals surface area contributed by atoms with Gasteiger partial charge in [-0.15, -0.1) is 11.8 Å². The van der Waals surface area contributed by atoms with E-state index in [1.165, 1.54) is 10.6 Å². The highest BCUT2D eigenvalue weighted by molar-refractivity contribution is 9.10. The van der Waals surface area contributed by atoms with E-state index in [9.17, 15) is 0 Å². The molecule has 108 valence electrons. The Morgan fingerprint density at radius 3 is 2.90 bits per heavy atom. The van der Waals surface area contributed by atoms with Crippen molar-refractivity contribution < 1.29 is 0 Å². The zero-order valence-corrected chi connectivity index (χ0v) is 14.6. The van der Waals surface area contributed by atoms with Gasteiger partial charge >= 0.3 is 0 Å². The van der Waals surface area contributed by atoms with E-state index in [0.717, 1.165) is 21.8 Å². The first-order valence-corrected chi connectivity index (χ1v) is 8.56. The summed E-state index contributed by atoms with van der Waals surface area (Å²) in [5, 5.41) is 8.57. The highest BCUT2D eigenvalue weighted by atomic mass is 79.9. The van der Waals surface area contributed by atoms with Crippen LogP contribution in [0.2, 0.25) is 5.02 Å². The fourth-order valence-electron chi connectivity index (χ4n) is 2.03. The normalized spacial score (nSPS) is 12.6. The molecule has 6 heteroatoms. The fourth-order valence-corrected chi connectivity index (χ4v) is 3.93. The van der Waals surface area contributed by atoms with Gasteiger partial charge in [0.05, 0.1) is 22.4 Å². The van der Waals surface area contributed by atoms with E-state index in [4.69, 9.17) is 11.6 Å². The van der Waals surface area contributed by atoms with E-state index in [1.807, 2.05) is 36.1 Å². The van der Waals surface area contributed by atoms with Crippen molar-refractivity contribution in [3.8, 4) is 0 Å². The summed E-state index contributed by atoms with van der Waals surface area (Å²) in [6, 6.07) is 8.19. The third-order valence-corrected chi connectivity index (χ3v) is 4.86. The monoisotopic (exact) mass is 373 g/mol. The molecule has 2 rings (SSSR count). The van der Waals surface area contributed by atoms with E-state index in [-0.39, 0.29) is 6.04 Å². The highest BCUT2D eigenvalue weighted by Crippen LogP contribution is 2.29. The number of rotatable bonds is 6. The number of nitrogens with one attached hydrogen (secondary N) is 1. The van der Waals surface area contributed by atoms with Gasteiger partial charge in [0.15, 0.2) is 0 Å². The van der Waals surface area contributed by atoms with Crippen molar-refractivity contribution in [2.24, 2.45) is 7.05 Å². The van der Waals surface area contributed by atoms with E-state index < -0.39 is 0 Å². The van der Waals surface area contributed by atoms with Gasteiger partial charge in [-0.25, -0.2) is 0 Å². The third kappa shape index (κ3) is 4.01. The molecule has 0 aliphatic rings. The fraction of sp³-hybridized carbons (Fsp3) is 0.357. The summed E-state index contributed by atoms with van der Waals surface area (Å²) in [5.74, 6) is 0.923. The standard InChI is InChI=1S/C14H17BrClN3S/c1-3-17-13(14-12(15)8-18-19(14)2)9-20-11-6-4-5-10(16)7-11/h4-8,13,17H,3,9H2,1-2H3. The molecule has 2 aromatic rings.